The lowest BCUT2D eigenvalue weighted by atomic mass is 9.74. The third-order valence-corrected chi connectivity index (χ3v) is 6.17. The summed E-state index contributed by atoms with van der Waals surface area (Å²) in [5.41, 5.74) is 10.0. The van der Waals surface area contributed by atoms with Crippen molar-refractivity contribution in [1.82, 2.24) is 0 Å². The molecule has 26 heavy (non-hydrogen) atoms. The van der Waals surface area contributed by atoms with Gasteiger partial charge in [0, 0.05) is 0 Å². The Hall–Kier alpha value is -2.35. The van der Waals surface area contributed by atoms with Crippen LogP contribution >= 0.6 is 0 Å². The Morgan fingerprint density at radius 2 is 1.77 bits per heavy atom. The summed E-state index contributed by atoms with van der Waals surface area (Å²) < 4.78 is 0. The van der Waals surface area contributed by atoms with Crippen molar-refractivity contribution in [2.45, 2.75) is 59.3 Å². The molecule has 1 atom stereocenters. The van der Waals surface area contributed by atoms with E-state index in [1.807, 2.05) is 18.2 Å². The zero-order valence-corrected chi connectivity index (χ0v) is 16.2. The molecule has 1 N–H and O–H groups in total. The number of fused-ring (bicyclic) bond motifs is 1. The number of hydrogen-bond donors (Lipinski definition) is 1. The van der Waals surface area contributed by atoms with Gasteiger partial charge in [-0.3, -0.25) is 0 Å². The minimum Gasteiger partial charge on any atom is -0.478 e. The Bertz CT molecular complexity index is 874. The number of allylic oxidation sites excluding steroid dienone is 1. The van der Waals surface area contributed by atoms with E-state index in [0.717, 1.165) is 12.0 Å². The van der Waals surface area contributed by atoms with Crippen molar-refractivity contribution in [3.63, 3.8) is 0 Å². The maximum atomic E-state index is 11.4. The van der Waals surface area contributed by atoms with E-state index in [9.17, 15) is 9.90 Å². The molecule has 0 fully saturated rings. The SMILES string of the molecule is Cc1c(C)c(C)c2c(c1C)CCCC2C/C=C/c1ccccc1C(=O)O. The van der Waals surface area contributed by atoms with Crippen LogP contribution in [-0.4, -0.2) is 11.1 Å². The number of benzene rings is 2. The van der Waals surface area contributed by atoms with E-state index in [2.05, 4.69) is 33.8 Å². The van der Waals surface area contributed by atoms with Crippen LogP contribution in [0, 0.1) is 27.7 Å². The van der Waals surface area contributed by atoms with E-state index in [-0.39, 0.29) is 0 Å². The molecule has 2 heteroatoms. The first-order chi connectivity index (χ1) is 12.4. The highest BCUT2D eigenvalue weighted by atomic mass is 16.4. The summed E-state index contributed by atoms with van der Waals surface area (Å²) in [5, 5.41) is 9.33. The maximum absolute atomic E-state index is 11.4. The van der Waals surface area contributed by atoms with Gasteiger partial charge in [0.2, 0.25) is 0 Å². The number of carbonyl (C=O) groups is 1. The molecule has 1 unspecified atom stereocenters. The topological polar surface area (TPSA) is 37.3 Å². The van der Waals surface area contributed by atoms with Crippen molar-refractivity contribution in [2.24, 2.45) is 0 Å². The lowest BCUT2D eigenvalue weighted by molar-refractivity contribution is 0.0696. The van der Waals surface area contributed by atoms with Crippen LogP contribution in [0.15, 0.2) is 30.3 Å². The van der Waals surface area contributed by atoms with Crippen LogP contribution in [0.1, 0.15) is 74.5 Å². The van der Waals surface area contributed by atoms with Gasteiger partial charge in [0.25, 0.3) is 0 Å². The standard InChI is InChI=1S/C24H28O2/c1-15-16(2)18(4)23-20(12-8-14-21(23)17(15)3)11-7-10-19-9-5-6-13-22(19)24(25)26/h5-7,9-10,13,20H,8,11-12,14H2,1-4H3,(H,25,26)/b10-7+. The summed E-state index contributed by atoms with van der Waals surface area (Å²) in [5.74, 6) is -0.337. The molecule has 1 aliphatic rings. The first-order valence-electron chi connectivity index (χ1n) is 9.49. The summed E-state index contributed by atoms with van der Waals surface area (Å²) in [6.07, 6.45) is 8.72. The van der Waals surface area contributed by atoms with Gasteiger partial charge in [0.1, 0.15) is 0 Å². The number of rotatable bonds is 4. The summed E-state index contributed by atoms with van der Waals surface area (Å²) in [6.45, 7) is 9.01. The highest BCUT2D eigenvalue weighted by molar-refractivity contribution is 5.92. The highest BCUT2D eigenvalue weighted by Crippen LogP contribution is 2.40. The predicted octanol–water partition coefficient (Wildman–Crippen LogP) is 6.14. The minimum atomic E-state index is -0.870. The average molecular weight is 348 g/mol. The number of carboxylic acids is 1. The smallest absolute Gasteiger partial charge is 0.336 e. The third kappa shape index (κ3) is 3.33. The second kappa shape index (κ2) is 7.49. The fourth-order valence-corrected chi connectivity index (χ4v) is 4.40. The molecule has 2 nitrogen and oxygen atoms in total. The van der Waals surface area contributed by atoms with Crippen LogP contribution in [-0.2, 0) is 6.42 Å². The predicted molar refractivity (Wildman–Crippen MR) is 108 cm³/mol. The van der Waals surface area contributed by atoms with Gasteiger partial charge in [-0.1, -0.05) is 30.4 Å². The zero-order chi connectivity index (χ0) is 18.8. The summed E-state index contributed by atoms with van der Waals surface area (Å²) in [4.78, 5) is 11.4. The quantitative estimate of drug-likeness (QED) is 0.720. The van der Waals surface area contributed by atoms with E-state index in [1.54, 1.807) is 23.3 Å². The van der Waals surface area contributed by atoms with Crippen molar-refractivity contribution in [3.05, 3.63) is 74.8 Å². The van der Waals surface area contributed by atoms with E-state index >= 15 is 0 Å². The van der Waals surface area contributed by atoms with Crippen molar-refractivity contribution in [1.29, 1.82) is 0 Å². The second-order valence-electron chi connectivity index (χ2n) is 7.51. The van der Waals surface area contributed by atoms with E-state index < -0.39 is 5.97 Å². The molecule has 0 saturated heterocycles. The van der Waals surface area contributed by atoms with Gasteiger partial charge in [0.05, 0.1) is 5.56 Å². The van der Waals surface area contributed by atoms with E-state index in [4.69, 9.17) is 0 Å². The first kappa shape index (κ1) is 18.4. The minimum absolute atomic E-state index is 0.367. The lowest BCUT2D eigenvalue weighted by Crippen LogP contribution is -2.15. The number of hydrogen-bond acceptors (Lipinski definition) is 1. The van der Waals surface area contributed by atoms with Crippen LogP contribution in [0.4, 0.5) is 0 Å². The molecule has 0 heterocycles. The highest BCUT2D eigenvalue weighted by Gasteiger charge is 2.25. The monoisotopic (exact) mass is 348 g/mol. The normalized spacial score (nSPS) is 16.7. The Labute approximate surface area is 156 Å². The molecule has 0 spiro atoms. The van der Waals surface area contributed by atoms with Crippen molar-refractivity contribution in [2.75, 3.05) is 0 Å². The molecule has 2 aromatic carbocycles. The van der Waals surface area contributed by atoms with Gasteiger partial charge in [-0.25, -0.2) is 4.79 Å². The first-order valence-corrected chi connectivity index (χ1v) is 9.49. The van der Waals surface area contributed by atoms with Crippen LogP contribution in [0.25, 0.3) is 6.08 Å². The molecule has 0 bridgehead atoms. The van der Waals surface area contributed by atoms with Crippen molar-refractivity contribution in [3.8, 4) is 0 Å². The molecule has 2 aromatic rings. The van der Waals surface area contributed by atoms with Gasteiger partial charge in [-0.15, -0.1) is 0 Å². The Morgan fingerprint density at radius 3 is 2.50 bits per heavy atom. The summed E-state index contributed by atoms with van der Waals surface area (Å²) >= 11 is 0. The number of carboxylic acid groups (broad SMARTS) is 1. The van der Waals surface area contributed by atoms with Crippen LogP contribution in [0.3, 0.4) is 0 Å². The van der Waals surface area contributed by atoms with Gasteiger partial charge < -0.3 is 5.11 Å². The molecular weight excluding hydrogens is 320 g/mol. The molecule has 1 aliphatic carbocycles. The molecule has 0 aromatic heterocycles. The zero-order valence-electron chi connectivity index (χ0n) is 16.2. The molecule has 0 aliphatic heterocycles. The molecule has 0 radical (unpaired) electrons. The molecule has 3 rings (SSSR count). The van der Waals surface area contributed by atoms with Gasteiger partial charge in [-0.2, -0.15) is 0 Å². The van der Waals surface area contributed by atoms with Gasteiger partial charge in [0.15, 0.2) is 0 Å². The van der Waals surface area contributed by atoms with Crippen LogP contribution in [0.5, 0.6) is 0 Å². The van der Waals surface area contributed by atoms with Crippen LogP contribution in [0.2, 0.25) is 0 Å². The van der Waals surface area contributed by atoms with E-state index in [1.165, 1.54) is 41.5 Å². The second-order valence-corrected chi connectivity index (χ2v) is 7.51. The Balaban J connectivity index is 1.89. The van der Waals surface area contributed by atoms with Crippen molar-refractivity contribution >= 4 is 12.0 Å². The van der Waals surface area contributed by atoms with Gasteiger partial charge >= 0.3 is 5.97 Å². The average Bonchev–Trinajstić information content (AvgIpc) is 2.64. The lowest BCUT2D eigenvalue weighted by Gasteiger charge is -2.30. The Kier molecular flexibility index (Phi) is 5.31. The van der Waals surface area contributed by atoms with Crippen molar-refractivity contribution < 1.29 is 9.90 Å². The fourth-order valence-electron chi connectivity index (χ4n) is 4.40. The van der Waals surface area contributed by atoms with Crippen LogP contribution < -0.4 is 0 Å². The maximum Gasteiger partial charge on any atom is 0.336 e. The summed E-state index contributed by atoms with van der Waals surface area (Å²) in [6, 6.07) is 7.20. The number of aromatic carboxylic acids is 1. The largest absolute Gasteiger partial charge is 0.478 e. The fraction of sp³-hybridized carbons (Fsp3) is 0.375. The molecule has 0 amide bonds. The molecule has 136 valence electrons. The molecule has 0 saturated carbocycles. The third-order valence-electron chi connectivity index (χ3n) is 6.17. The van der Waals surface area contributed by atoms with E-state index in [0.29, 0.717) is 11.5 Å². The Morgan fingerprint density at radius 1 is 1.08 bits per heavy atom. The summed E-state index contributed by atoms with van der Waals surface area (Å²) in [7, 11) is 0. The van der Waals surface area contributed by atoms with Gasteiger partial charge in [-0.05, 0) is 104 Å². The molecular formula is C24H28O2.